The third-order valence-electron chi connectivity index (χ3n) is 3.00. The molecule has 1 amide bonds. The lowest BCUT2D eigenvalue weighted by Gasteiger charge is -2.11. The van der Waals surface area contributed by atoms with Gasteiger partial charge in [0.25, 0.3) is 5.91 Å². The number of aromatic nitrogens is 1. The fraction of sp³-hybridized carbons (Fsp3) is 0.188. The van der Waals surface area contributed by atoms with Gasteiger partial charge in [0.15, 0.2) is 11.7 Å². The van der Waals surface area contributed by atoms with Gasteiger partial charge in [-0.1, -0.05) is 11.6 Å². The molecule has 0 saturated heterocycles. The molecule has 0 unspecified atom stereocenters. The first-order valence-electron chi connectivity index (χ1n) is 6.97. The summed E-state index contributed by atoms with van der Waals surface area (Å²) in [5.74, 6) is 0.789. The Morgan fingerprint density at radius 3 is 2.58 bits per heavy atom. The molecule has 0 spiro atoms. The number of anilines is 1. The lowest BCUT2D eigenvalue weighted by Crippen LogP contribution is -2.37. The van der Waals surface area contributed by atoms with Crippen LogP contribution in [0.3, 0.4) is 0 Å². The quantitative estimate of drug-likeness (QED) is 0.520. The van der Waals surface area contributed by atoms with Crippen LogP contribution in [0.4, 0.5) is 5.82 Å². The van der Waals surface area contributed by atoms with Gasteiger partial charge in [0, 0.05) is 14.8 Å². The van der Waals surface area contributed by atoms with Crippen molar-refractivity contribution in [2.45, 2.75) is 13.8 Å². The summed E-state index contributed by atoms with van der Waals surface area (Å²) < 4.78 is 6.49. The van der Waals surface area contributed by atoms with E-state index in [1.165, 1.54) is 0 Å². The van der Waals surface area contributed by atoms with Crippen LogP contribution in [0.1, 0.15) is 11.1 Å². The van der Waals surface area contributed by atoms with Gasteiger partial charge in [-0.2, -0.15) is 0 Å². The number of nitrogens with one attached hydrogen (secondary N) is 2. The number of nitrogens with zero attached hydrogens (tertiary/aromatic N) is 1. The molecule has 0 aliphatic heterocycles. The maximum atomic E-state index is 11.9. The van der Waals surface area contributed by atoms with Crippen LogP contribution in [-0.4, -0.2) is 22.6 Å². The van der Waals surface area contributed by atoms with Crippen LogP contribution >= 0.6 is 46.4 Å². The first kappa shape index (κ1) is 18.9. The molecule has 1 heterocycles. The third kappa shape index (κ3) is 5.57. The van der Waals surface area contributed by atoms with E-state index in [1.54, 1.807) is 24.4 Å². The van der Waals surface area contributed by atoms with E-state index in [0.717, 1.165) is 14.7 Å². The van der Waals surface area contributed by atoms with Gasteiger partial charge in [-0.25, -0.2) is 4.98 Å². The first-order valence-corrected chi connectivity index (χ1v) is 8.83. The van der Waals surface area contributed by atoms with Crippen LogP contribution in [0.5, 0.6) is 5.75 Å². The maximum absolute atomic E-state index is 11.9. The van der Waals surface area contributed by atoms with Crippen molar-refractivity contribution in [1.29, 1.82) is 0 Å². The smallest absolute Gasteiger partial charge is 0.264 e. The summed E-state index contributed by atoms with van der Waals surface area (Å²) in [7, 11) is 0. The van der Waals surface area contributed by atoms with E-state index in [-0.39, 0.29) is 17.6 Å². The van der Waals surface area contributed by atoms with E-state index in [9.17, 15) is 4.79 Å². The van der Waals surface area contributed by atoms with Gasteiger partial charge in [-0.05, 0) is 84.0 Å². The molecule has 0 aliphatic rings. The molecule has 0 fully saturated rings. The number of pyridine rings is 1. The van der Waals surface area contributed by atoms with Crippen molar-refractivity contribution >= 4 is 63.2 Å². The summed E-state index contributed by atoms with van der Waals surface area (Å²) in [6.07, 6.45) is 1.70. The van der Waals surface area contributed by atoms with Gasteiger partial charge in [0.1, 0.15) is 11.6 Å². The minimum absolute atomic E-state index is 0.150. The highest BCUT2D eigenvalue weighted by molar-refractivity contribution is 14.1. The van der Waals surface area contributed by atoms with Crippen LogP contribution in [0.2, 0.25) is 5.02 Å². The number of carbonyl (C=O) groups is 1. The zero-order valence-electron chi connectivity index (χ0n) is 13.0. The lowest BCUT2D eigenvalue weighted by atomic mass is 10.1. The second-order valence-corrected chi connectivity index (χ2v) is 7.06. The number of rotatable bonds is 4. The van der Waals surface area contributed by atoms with Gasteiger partial charge in [0.05, 0.1) is 0 Å². The highest BCUT2D eigenvalue weighted by Gasteiger charge is 2.08. The summed E-state index contributed by atoms with van der Waals surface area (Å²) in [6, 6.07) is 7.23. The van der Waals surface area contributed by atoms with Crippen LogP contribution in [-0.2, 0) is 4.79 Å². The number of hydrogen-bond acceptors (Lipinski definition) is 4. The molecule has 1 aromatic heterocycles. The van der Waals surface area contributed by atoms with E-state index in [1.807, 2.05) is 19.9 Å². The Morgan fingerprint density at radius 1 is 1.33 bits per heavy atom. The van der Waals surface area contributed by atoms with Gasteiger partial charge in [-0.15, -0.1) is 0 Å². The lowest BCUT2D eigenvalue weighted by molar-refractivity contribution is -0.121. The van der Waals surface area contributed by atoms with Gasteiger partial charge in [0.2, 0.25) is 0 Å². The topological polar surface area (TPSA) is 63.2 Å². The Hall–Kier alpha value is -1.45. The maximum Gasteiger partial charge on any atom is 0.264 e. The Balaban J connectivity index is 1.84. The van der Waals surface area contributed by atoms with E-state index in [2.05, 4.69) is 38.2 Å². The molecule has 0 aliphatic carbocycles. The van der Waals surface area contributed by atoms with Crippen molar-refractivity contribution in [1.82, 2.24) is 10.3 Å². The SMILES string of the molecule is Cc1cc(OCC(=O)NC(=S)Nc2ccc(I)cn2)cc(C)c1Cl. The molecular formula is C16H15ClIN3O2S. The number of benzene rings is 1. The molecule has 8 heteroatoms. The highest BCUT2D eigenvalue weighted by atomic mass is 127. The fourth-order valence-electron chi connectivity index (χ4n) is 1.90. The molecule has 126 valence electrons. The number of halogens is 2. The molecular weight excluding hydrogens is 461 g/mol. The Bertz CT molecular complexity index is 745. The fourth-order valence-corrected chi connectivity index (χ4v) is 2.54. The number of ether oxygens (including phenoxy) is 1. The predicted octanol–water partition coefficient (Wildman–Crippen LogP) is 3.85. The average Bonchev–Trinajstić information content (AvgIpc) is 2.52. The predicted molar refractivity (Wildman–Crippen MR) is 108 cm³/mol. The average molecular weight is 476 g/mol. The normalized spacial score (nSPS) is 10.2. The zero-order chi connectivity index (χ0) is 17.7. The van der Waals surface area contributed by atoms with Crippen molar-refractivity contribution in [3.8, 4) is 5.75 Å². The summed E-state index contributed by atoms with van der Waals surface area (Å²) in [4.78, 5) is 16.0. The van der Waals surface area contributed by atoms with Crippen molar-refractivity contribution in [3.63, 3.8) is 0 Å². The van der Waals surface area contributed by atoms with Gasteiger partial charge >= 0.3 is 0 Å². The van der Waals surface area contributed by atoms with E-state index in [0.29, 0.717) is 16.6 Å². The van der Waals surface area contributed by atoms with E-state index in [4.69, 9.17) is 28.6 Å². The number of thiocarbonyl (C=S) groups is 1. The molecule has 0 saturated carbocycles. The number of aryl methyl sites for hydroxylation is 2. The summed E-state index contributed by atoms with van der Waals surface area (Å²) in [5, 5.41) is 6.24. The first-order chi connectivity index (χ1) is 11.3. The molecule has 2 rings (SSSR count). The zero-order valence-corrected chi connectivity index (χ0v) is 16.8. The van der Waals surface area contributed by atoms with Crippen LogP contribution in [0.25, 0.3) is 0 Å². The molecule has 0 atom stereocenters. The minimum atomic E-state index is -0.358. The number of amides is 1. The molecule has 2 aromatic rings. The molecule has 1 aromatic carbocycles. The molecule has 5 nitrogen and oxygen atoms in total. The minimum Gasteiger partial charge on any atom is -0.484 e. The van der Waals surface area contributed by atoms with E-state index >= 15 is 0 Å². The molecule has 0 bridgehead atoms. The van der Waals surface area contributed by atoms with Crippen LogP contribution < -0.4 is 15.4 Å². The van der Waals surface area contributed by atoms with Crippen molar-refractivity contribution < 1.29 is 9.53 Å². The highest BCUT2D eigenvalue weighted by Crippen LogP contribution is 2.25. The molecule has 24 heavy (non-hydrogen) atoms. The number of carbonyl (C=O) groups excluding carboxylic acids is 1. The second kappa shape index (κ2) is 8.59. The Morgan fingerprint density at radius 2 is 2.00 bits per heavy atom. The summed E-state index contributed by atoms with van der Waals surface area (Å²) >= 11 is 13.3. The van der Waals surface area contributed by atoms with Gasteiger partial charge in [-0.3, -0.25) is 10.1 Å². The third-order valence-corrected chi connectivity index (χ3v) is 4.44. The Labute approximate surface area is 164 Å². The van der Waals surface area contributed by atoms with Gasteiger partial charge < -0.3 is 10.1 Å². The summed E-state index contributed by atoms with van der Waals surface area (Å²) in [5.41, 5.74) is 1.79. The summed E-state index contributed by atoms with van der Waals surface area (Å²) in [6.45, 7) is 3.62. The number of hydrogen-bond donors (Lipinski definition) is 2. The van der Waals surface area contributed by atoms with Crippen molar-refractivity contribution in [2.24, 2.45) is 0 Å². The second-order valence-electron chi connectivity index (χ2n) is 5.02. The van der Waals surface area contributed by atoms with Crippen molar-refractivity contribution in [3.05, 3.63) is 50.2 Å². The van der Waals surface area contributed by atoms with Crippen molar-refractivity contribution in [2.75, 3.05) is 11.9 Å². The monoisotopic (exact) mass is 475 g/mol. The van der Waals surface area contributed by atoms with Crippen LogP contribution in [0, 0.1) is 17.4 Å². The van der Waals surface area contributed by atoms with Crippen LogP contribution in [0.15, 0.2) is 30.5 Å². The largest absolute Gasteiger partial charge is 0.484 e. The van der Waals surface area contributed by atoms with E-state index < -0.39 is 0 Å². The Kier molecular flexibility index (Phi) is 6.76. The molecule has 0 radical (unpaired) electrons. The standard InChI is InChI=1S/C16H15ClIN3O2S/c1-9-5-12(6-10(2)15(9)17)23-8-14(22)21-16(24)20-13-4-3-11(18)7-19-13/h3-7H,8H2,1-2H3,(H2,19,20,21,22,24). The molecule has 2 N–H and O–H groups in total.